The van der Waals surface area contributed by atoms with Crippen LogP contribution in [0.5, 0.6) is 0 Å². The zero-order chi connectivity index (χ0) is 19.1. The summed E-state index contributed by atoms with van der Waals surface area (Å²) in [6, 6.07) is 14.2. The lowest BCUT2D eigenvalue weighted by Crippen LogP contribution is -2.23. The second kappa shape index (κ2) is 8.80. The van der Waals surface area contributed by atoms with Gasteiger partial charge in [0.05, 0.1) is 0 Å². The first-order valence-electron chi connectivity index (χ1n) is 8.29. The van der Waals surface area contributed by atoms with Gasteiger partial charge in [-0.25, -0.2) is 0 Å². The predicted octanol–water partition coefficient (Wildman–Crippen LogP) is 1.95. The molecule has 0 saturated carbocycles. The summed E-state index contributed by atoms with van der Waals surface area (Å²) in [7, 11) is 3.41. The van der Waals surface area contributed by atoms with Gasteiger partial charge in [-0.05, 0) is 35.4 Å². The Morgan fingerprint density at radius 2 is 1.23 bits per heavy atom. The Morgan fingerprint density at radius 3 is 1.69 bits per heavy atom. The maximum absolute atomic E-state index is 12.2. The van der Waals surface area contributed by atoms with E-state index in [4.69, 9.17) is 0 Å². The fourth-order valence-electron chi connectivity index (χ4n) is 2.31. The van der Waals surface area contributed by atoms with Crippen molar-refractivity contribution in [3.63, 3.8) is 0 Å². The third-order valence-electron chi connectivity index (χ3n) is 3.82. The molecule has 2 N–H and O–H groups in total. The summed E-state index contributed by atoms with van der Waals surface area (Å²) in [6.45, 7) is 2.28. The summed E-state index contributed by atoms with van der Waals surface area (Å²) >= 11 is 0. The molecule has 6 nitrogen and oxygen atoms in total. The van der Waals surface area contributed by atoms with E-state index < -0.39 is 0 Å². The summed E-state index contributed by atoms with van der Waals surface area (Å²) in [5, 5.41) is 5.56. The molecular weight excluding hydrogens is 330 g/mol. The van der Waals surface area contributed by atoms with Gasteiger partial charge in [-0.1, -0.05) is 24.3 Å². The van der Waals surface area contributed by atoms with E-state index in [2.05, 4.69) is 10.6 Å². The van der Waals surface area contributed by atoms with Crippen LogP contribution in [0.1, 0.15) is 38.8 Å². The van der Waals surface area contributed by atoms with Crippen molar-refractivity contribution in [3.8, 4) is 0 Å². The third kappa shape index (κ3) is 5.44. The second-order valence-electron chi connectivity index (χ2n) is 6.19. The van der Waals surface area contributed by atoms with Crippen LogP contribution in [0.15, 0.2) is 48.5 Å². The molecule has 0 aliphatic heterocycles. The minimum absolute atomic E-state index is 0.0556. The summed E-state index contributed by atoms with van der Waals surface area (Å²) in [5.41, 5.74) is 3.00. The number of amides is 3. The van der Waals surface area contributed by atoms with Gasteiger partial charge in [0.15, 0.2) is 0 Å². The van der Waals surface area contributed by atoms with E-state index in [1.807, 2.05) is 24.3 Å². The molecule has 0 heterocycles. The summed E-state index contributed by atoms with van der Waals surface area (Å²) in [4.78, 5) is 36.5. The molecule has 0 fully saturated rings. The number of carbonyl (C=O) groups excluding carboxylic acids is 3. The Bertz CT molecular complexity index is 781. The molecule has 0 saturated heterocycles. The highest BCUT2D eigenvalue weighted by Crippen LogP contribution is 2.08. The maximum Gasteiger partial charge on any atom is 0.253 e. The average molecular weight is 353 g/mol. The van der Waals surface area contributed by atoms with Gasteiger partial charge in [-0.2, -0.15) is 0 Å². The number of benzene rings is 2. The van der Waals surface area contributed by atoms with Crippen molar-refractivity contribution in [3.05, 3.63) is 70.8 Å². The highest BCUT2D eigenvalue weighted by atomic mass is 16.2. The average Bonchev–Trinajstić information content (AvgIpc) is 2.64. The van der Waals surface area contributed by atoms with Crippen LogP contribution in [0.25, 0.3) is 0 Å². The van der Waals surface area contributed by atoms with E-state index in [0.29, 0.717) is 24.2 Å². The van der Waals surface area contributed by atoms with Crippen molar-refractivity contribution in [1.29, 1.82) is 0 Å². The van der Waals surface area contributed by atoms with Gasteiger partial charge in [-0.15, -0.1) is 0 Å². The van der Waals surface area contributed by atoms with Crippen LogP contribution in [-0.4, -0.2) is 36.7 Å². The van der Waals surface area contributed by atoms with Crippen LogP contribution in [0.2, 0.25) is 0 Å². The van der Waals surface area contributed by atoms with Gasteiger partial charge < -0.3 is 15.5 Å². The number of hydrogen-bond donors (Lipinski definition) is 2. The van der Waals surface area contributed by atoms with Crippen LogP contribution < -0.4 is 10.6 Å². The Morgan fingerprint density at radius 1 is 0.769 bits per heavy atom. The molecule has 6 heteroatoms. The maximum atomic E-state index is 12.2. The molecule has 3 amide bonds. The van der Waals surface area contributed by atoms with E-state index in [-0.39, 0.29) is 17.7 Å². The molecule has 26 heavy (non-hydrogen) atoms. The number of nitrogens with zero attached hydrogens (tertiary/aromatic N) is 1. The normalized spacial score (nSPS) is 10.1. The smallest absolute Gasteiger partial charge is 0.253 e. The van der Waals surface area contributed by atoms with Crippen LogP contribution >= 0.6 is 0 Å². The Labute approximate surface area is 153 Å². The molecule has 0 unspecified atom stereocenters. The molecule has 0 radical (unpaired) electrons. The van der Waals surface area contributed by atoms with Gasteiger partial charge in [0, 0.05) is 45.2 Å². The summed E-state index contributed by atoms with van der Waals surface area (Å²) in [5.74, 6) is -0.324. The monoisotopic (exact) mass is 353 g/mol. The van der Waals surface area contributed by atoms with Gasteiger partial charge in [-0.3, -0.25) is 14.4 Å². The second-order valence-corrected chi connectivity index (χ2v) is 6.19. The molecule has 2 rings (SSSR count). The minimum atomic E-state index is -0.176. The largest absolute Gasteiger partial charge is 0.352 e. The third-order valence-corrected chi connectivity index (χ3v) is 3.82. The number of carbonyl (C=O) groups is 3. The Balaban J connectivity index is 1.90. The lowest BCUT2D eigenvalue weighted by Gasteiger charge is -2.11. The van der Waals surface area contributed by atoms with Crippen LogP contribution in [0.4, 0.5) is 0 Å². The molecule has 0 atom stereocenters. The van der Waals surface area contributed by atoms with Gasteiger partial charge in [0.2, 0.25) is 5.91 Å². The molecule has 0 aliphatic rings. The Kier molecular flexibility index (Phi) is 6.49. The first kappa shape index (κ1) is 19.2. The highest BCUT2D eigenvalue weighted by molar-refractivity contribution is 5.94. The molecule has 136 valence electrons. The topological polar surface area (TPSA) is 78.5 Å². The zero-order valence-electron chi connectivity index (χ0n) is 15.2. The molecule has 2 aromatic rings. The molecular formula is C20H23N3O3. The van der Waals surface area contributed by atoms with E-state index in [9.17, 15) is 14.4 Å². The SMILES string of the molecule is CC(=O)NCc1ccc(C(=O)NCc2ccc(C(=O)N(C)C)cc2)cc1. The van der Waals surface area contributed by atoms with Crippen LogP contribution in [0, 0.1) is 0 Å². The van der Waals surface area contributed by atoms with Crippen molar-refractivity contribution in [1.82, 2.24) is 15.5 Å². The fourth-order valence-corrected chi connectivity index (χ4v) is 2.31. The standard InChI is InChI=1S/C20H23N3O3/c1-14(24)21-12-15-4-8-17(9-5-15)19(25)22-13-16-6-10-18(11-7-16)20(26)23(2)3/h4-11H,12-13H2,1-3H3,(H,21,24)(H,22,25). The fraction of sp³-hybridized carbons (Fsp3) is 0.250. The van der Waals surface area contributed by atoms with Gasteiger partial charge >= 0.3 is 0 Å². The quantitative estimate of drug-likeness (QED) is 0.833. The van der Waals surface area contributed by atoms with Crippen molar-refractivity contribution in [2.24, 2.45) is 0 Å². The predicted molar refractivity (Wildman–Crippen MR) is 99.6 cm³/mol. The minimum Gasteiger partial charge on any atom is -0.352 e. The van der Waals surface area contributed by atoms with E-state index >= 15 is 0 Å². The molecule has 0 aromatic heterocycles. The molecule has 0 aliphatic carbocycles. The van der Waals surface area contributed by atoms with Crippen molar-refractivity contribution < 1.29 is 14.4 Å². The lowest BCUT2D eigenvalue weighted by atomic mass is 10.1. The number of nitrogens with one attached hydrogen (secondary N) is 2. The van der Waals surface area contributed by atoms with Crippen LogP contribution in [-0.2, 0) is 17.9 Å². The number of hydrogen-bond acceptors (Lipinski definition) is 3. The highest BCUT2D eigenvalue weighted by Gasteiger charge is 2.08. The van der Waals surface area contributed by atoms with Crippen molar-refractivity contribution in [2.75, 3.05) is 14.1 Å². The molecule has 0 spiro atoms. The van der Waals surface area contributed by atoms with Crippen LogP contribution in [0.3, 0.4) is 0 Å². The van der Waals surface area contributed by atoms with Crippen molar-refractivity contribution in [2.45, 2.75) is 20.0 Å². The molecule has 0 bridgehead atoms. The Hall–Kier alpha value is -3.15. The van der Waals surface area contributed by atoms with E-state index in [0.717, 1.165) is 11.1 Å². The number of rotatable bonds is 6. The van der Waals surface area contributed by atoms with Gasteiger partial charge in [0.25, 0.3) is 11.8 Å². The summed E-state index contributed by atoms with van der Waals surface area (Å²) < 4.78 is 0. The first-order valence-corrected chi connectivity index (χ1v) is 8.29. The van der Waals surface area contributed by atoms with E-state index in [1.54, 1.807) is 38.4 Å². The van der Waals surface area contributed by atoms with Crippen molar-refractivity contribution >= 4 is 17.7 Å². The molecule has 2 aromatic carbocycles. The first-order chi connectivity index (χ1) is 12.4. The van der Waals surface area contributed by atoms with E-state index in [1.165, 1.54) is 11.8 Å². The summed E-state index contributed by atoms with van der Waals surface area (Å²) in [6.07, 6.45) is 0. The van der Waals surface area contributed by atoms with Gasteiger partial charge in [0.1, 0.15) is 0 Å². The lowest BCUT2D eigenvalue weighted by molar-refractivity contribution is -0.119. The zero-order valence-corrected chi connectivity index (χ0v) is 15.2.